The van der Waals surface area contributed by atoms with E-state index in [0.29, 0.717) is 18.9 Å². The third-order valence-electron chi connectivity index (χ3n) is 4.46. The van der Waals surface area contributed by atoms with Crippen molar-refractivity contribution < 1.29 is 14.3 Å². The molecule has 4 heteroatoms. The van der Waals surface area contributed by atoms with Crippen molar-refractivity contribution in [3.8, 4) is 11.1 Å². The fourth-order valence-corrected chi connectivity index (χ4v) is 3.17. The zero-order valence-corrected chi connectivity index (χ0v) is 14.2. The van der Waals surface area contributed by atoms with Gasteiger partial charge in [-0.3, -0.25) is 0 Å². The minimum Gasteiger partial charge on any atom is -0.361 e. The standard InChI is InChI=1S/C22H18N2O2/c23-24-21(19-8-4-5-9-20(19)22-25-14-15-26-22)18-12-10-17(11-13-18)16-6-2-1-3-7-16/h1-13,22H,14-15H2. The van der Waals surface area contributed by atoms with Crippen molar-refractivity contribution in [2.24, 2.45) is 0 Å². The molecular formula is C22H18N2O2. The maximum absolute atomic E-state index is 9.69. The Hall–Kier alpha value is -3.04. The monoisotopic (exact) mass is 342 g/mol. The summed E-state index contributed by atoms with van der Waals surface area (Å²) < 4.78 is 11.3. The van der Waals surface area contributed by atoms with Gasteiger partial charge in [0.15, 0.2) is 6.29 Å². The molecule has 0 aromatic heterocycles. The Bertz CT molecular complexity index is 939. The Morgan fingerprint density at radius 1 is 0.769 bits per heavy atom. The molecule has 0 saturated carbocycles. The summed E-state index contributed by atoms with van der Waals surface area (Å²) in [7, 11) is 0. The summed E-state index contributed by atoms with van der Waals surface area (Å²) in [4.78, 5) is 3.57. The smallest absolute Gasteiger partial charge is 0.330 e. The van der Waals surface area contributed by atoms with E-state index < -0.39 is 6.29 Å². The van der Waals surface area contributed by atoms with Gasteiger partial charge in [-0.25, -0.2) is 0 Å². The van der Waals surface area contributed by atoms with E-state index in [-0.39, 0.29) is 0 Å². The fourth-order valence-electron chi connectivity index (χ4n) is 3.17. The Morgan fingerprint density at radius 2 is 1.38 bits per heavy atom. The van der Waals surface area contributed by atoms with Crippen LogP contribution in [0, 0.1) is 0 Å². The minimum absolute atomic E-state index is 0.424. The average molecular weight is 342 g/mol. The molecule has 0 spiro atoms. The summed E-state index contributed by atoms with van der Waals surface area (Å²) in [5, 5.41) is 0. The summed E-state index contributed by atoms with van der Waals surface area (Å²) in [6.07, 6.45) is -0.424. The van der Waals surface area contributed by atoms with Crippen LogP contribution in [-0.4, -0.2) is 23.7 Å². The zero-order chi connectivity index (χ0) is 17.8. The Balaban J connectivity index is 1.70. The van der Waals surface area contributed by atoms with Crippen LogP contribution in [0.1, 0.15) is 23.0 Å². The molecule has 4 nitrogen and oxygen atoms in total. The first-order valence-electron chi connectivity index (χ1n) is 8.57. The van der Waals surface area contributed by atoms with Crippen molar-refractivity contribution in [2.75, 3.05) is 13.2 Å². The quantitative estimate of drug-likeness (QED) is 0.399. The van der Waals surface area contributed by atoms with Crippen LogP contribution in [0.5, 0.6) is 0 Å². The Morgan fingerprint density at radius 3 is 2.08 bits per heavy atom. The molecule has 0 N–H and O–H groups in total. The molecule has 1 saturated heterocycles. The van der Waals surface area contributed by atoms with Gasteiger partial charge in [0.25, 0.3) is 0 Å². The zero-order valence-electron chi connectivity index (χ0n) is 14.2. The molecule has 0 bridgehead atoms. The van der Waals surface area contributed by atoms with Gasteiger partial charge in [0.2, 0.25) is 0 Å². The van der Waals surface area contributed by atoms with E-state index in [2.05, 4.69) is 16.9 Å². The number of hydrogen-bond donors (Lipinski definition) is 0. The van der Waals surface area contributed by atoms with Gasteiger partial charge in [-0.2, -0.15) is 4.79 Å². The maximum Gasteiger partial charge on any atom is 0.330 e. The molecule has 4 rings (SSSR count). The summed E-state index contributed by atoms with van der Waals surface area (Å²) in [5.41, 5.74) is 15.0. The second-order valence-electron chi connectivity index (χ2n) is 6.05. The minimum atomic E-state index is -0.424. The fraction of sp³-hybridized carbons (Fsp3) is 0.136. The highest BCUT2D eigenvalue weighted by Crippen LogP contribution is 2.28. The number of rotatable bonds is 4. The van der Waals surface area contributed by atoms with Crippen molar-refractivity contribution in [1.29, 1.82) is 0 Å². The molecule has 0 amide bonds. The maximum atomic E-state index is 9.69. The summed E-state index contributed by atoms with van der Waals surface area (Å²) in [6.45, 7) is 1.13. The highest BCUT2D eigenvalue weighted by molar-refractivity contribution is 6.10. The van der Waals surface area contributed by atoms with E-state index in [1.54, 1.807) is 0 Å². The van der Waals surface area contributed by atoms with Crippen molar-refractivity contribution in [3.05, 3.63) is 101 Å². The van der Waals surface area contributed by atoms with E-state index >= 15 is 0 Å². The molecule has 26 heavy (non-hydrogen) atoms. The molecule has 1 aliphatic rings. The molecule has 3 aromatic carbocycles. The van der Waals surface area contributed by atoms with Crippen LogP contribution in [0.2, 0.25) is 0 Å². The lowest BCUT2D eigenvalue weighted by Crippen LogP contribution is -2.11. The lowest BCUT2D eigenvalue weighted by atomic mass is 9.95. The first-order chi connectivity index (χ1) is 12.9. The molecule has 0 radical (unpaired) electrons. The molecule has 1 fully saturated rings. The van der Waals surface area contributed by atoms with E-state index in [0.717, 1.165) is 27.8 Å². The summed E-state index contributed by atoms with van der Waals surface area (Å²) in [6, 6.07) is 25.9. The topological polar surface area (TPSA) is 54.9 Å². The number of nitrogens with zero attached hydrogens (tertiary/aromatic N) is 2. The largest absolute Gasteiger partial charge is 0.361 e. The third-order valence-corrected chi connectivity index (χ3v) is 4.46. The first-order valence-corrected chi connectivity index (χ1v) is 8.57. The summed E-state index contributed by atoms with van der Waals surface area (Å²) in [5.74, 6) is 0. The molecule has 0 atom stereocenters. The molecule has 0 unspecified atom stereocenters. The van der Waals surface area contributed by atoms with Crippen LogP contribution in [0.25, 0.3) is 16.7 Å². The van der Waals surface area contributed by atoms with Crippen LogP contribution in [0.15, 0.2) is 78.9 Å². The van der Waals surface area contributed by atoms with Gasteiger partial charge >= 0.3 is 5.71 Å². The predicted molar refractivity (Wildman–Crippen MR) is 99.8 cm³/mol. The van der Waals surface area contributed by atoms with Crippen molar-refractivity contribution in [2.45, 2.75) is 6.29 Å². The van der Waals surface area contributed by atoms with Crippen LogP contribution >= 0.6 is 0 Å². The molecular weight excluding hydrogens is 324 g/mol. The van der Waals surface area contributed by atoms with Gasteiger partial charge in [0.05, 0.1) is 24.3 Å². The highest BCUT2D eigenvalue weighted by atomic mass is 16.7. The Labute approximate surface area is 152 Å². The van der Waals surface area contributed by atoms with Crippen molar-refractivity contribution in [1.82, 2.24) is 0 Å². The van der Waals surface area contributed by atoms with E-state index in [9.17, 15) is 5.53 Å². The van der Waals surface area contributed by atoms with Crippen LogP contribution in [0.3, 0.4) is 0 Å². The lowest BCUT2D eigenvalue weighted by molar-refractivity contribution is -0.0451. The highest BCUT2D eigenvalue weighted by Gasteiger charge is 2.27. The van der Waals surface area contributed by atoms with E-state index in [1.807, 2.05) is 66.7 Å². The van der Waals surface area contributed by atoms with Crippen LogP contribution < -0.4 is 0 Å². The van der Waals surface area contributed by atoms with Gasteiger partial charge in [-0.05, 0) is 29.3 Å². The van der Waals surface area contributed by atoms with Crippen LogP contribution in [-0.2, 0) is 9.47 Å². The van der Waals surface area contributed by atoms with Gasteiger partial charge in [0, 0.05) is 5.56 Å². The Kier molecular flexibility index (Phi) is 4.71. The molecule has 3 aromatic rings. The van der Waals surface area contributed by atoms with E-state index in [4.69, 9.17) is 9.47 Å². The molecule has 0 aliphatic carbocycles. The van der Waals surface area contributed by atoms with Crippen LogP contribution in [0.4, 0.5) is 0 Å². The predicted octanol–water partition coefficient (Wildman–Crippen LogP) is 4.47. The number of benzene rings is 3. The second-order valence-corrected chi connectivity index (χ2v) is 6.05. The number of ether oxygens (including phenoxy) is 2. The second kappa shape index (κ2) is 7.46. The molecule has 1 heterocycles. The molecule has 128 valence electrons. The molecule has 1 aliphatic heterocycles. The first kappa shape index (κ1) is 16.4. The van der Waals surface area contributed by atoms with Gasteiger partial charge in [-0.15, -0.1) is 0 Å². The van der Waals surface area contributed by atoms with E-state index in [1.165, 1.54) is 0 Å². The van der Waals surface area contributed by atoms with Gasteiger partial charge < -0.3 is 15.0 Å². The van der Waals surface area contributed by atoms with Crippen molar-refractivity contribution >= 4 is 5.71 Å². The summed E-state index contributed by atoms with van der Waals surface area (Å²) >= 11 is 0. The normalized spacial score (nSPS) is 14.2. The third kappa shape index (κ3) is 3.22. The number of hydrogen-bond acceptors (Lipinski definition) is 2. The van der Waals surface area contributed by atoms with Gasteiger partial charge in [0.1, 0.15) is 0 Å². The average Bonchev–Trinajstić information content (AvgIpc) is 3.25. The lowest BCUT2D eigenvalue weighted by Gasteiger charge is -2.12. The SMILES string of the molecule is [N-]=[N+]=C(c1ccc(-c2ccccc2)cc1)c1ccccc1C1OCCO1. The van der Waals surface area contributed by atoms with Gasteiger partial charge in [-0.1, -0.05) is 60.7 Å². The van der Waals surface area contributed by atoms with Crippen molar-refractivity contribution in [3.63, 3.8) is 0 Å².